The van der Waals surface area contributed by atoms with Crippen LogP contribution < -0.4 is 11.5 Å². The molecule has 0 aliphatic carbocycles. The average Bonchev–Trinajstić information content (AvgIpc) is 2.72. The molecule has 1 atom stereocenters. The van der Waals surface area contributed by atoms with Crippen LogP contribution in [0.15, 0.2) is 47.5 Å². The summed E-state index contributed by atoms with van der Waals surface area (Å²) in [4.78, 5) is 4.07. The van der Waals surface area contributed by atoms with E-state index < -0.39 is 5.50 Å². The molecule has 1 aromatic heterocycles. The van der Waals surface area contributed by atoms with Crippen LogP contribution in [0.1, 0.15) is 5.56 Å². The Morgan fingerprint density at radius 2 is 1.85 bits per heavy atom. The smallest absolute Gasteiger partial charge is 0.143 e. The van der Waals surface area contributed by atoms with Crippen molar-refractivity contribution in [2.24, 2.45) is 23.5 Å². The summed E-state index contributed by atoms with van der Waals surface area (Å²) in [6.07, 6.45) is 0. The number of hydrogen-bond acceptors (Lipinski definition) is 3. The predicted molar refractivity (Wildman–Crippen MR) is 88.1 cm³/mol. The first-order valence-corrected chi connectivity index (χ1v) is 6.84. The number of aromatic nitrogens is 1. The zero-order chi connectivity index (χ0) is 14.3. The molecule has 2 aromatic carbocycles. The van der Waals surface area contributed by atoms with Gasteiger partial charge in [-0.05, 0) is 24.3 Å². The van der Waals surface area contributed by atoms with Gasteiger partial charge in [-0.1, -0.05) is 18.2 Å². The van der Waals surface area contributed by atoms with Crippen molar-refractivity contribution in [2.45, 2.75) is 5.50 Å². The first-order chi connectivity index (χ1) is 9.58. The largest absolute Gasteiger partial charge is 0.383 e. The molecule has 3 rings (SSSR count). The summed E-state index contributed by atoms with van der Waals surface area (Å²) in [7, 11) is 2.06. The van der Waals surface area contributed by atoms with E-state index in [2.05, 4.69) is 47.4 Å². The minimum atomic E-state index is -0.599. The van der Waals surface area contributed by atoms with Gasteiger partial charge in [-0.2, -0.15) is 0 Å². The molecule has 20 heavy (non-hydrogen) atoms. The number of aryl methyl sites for hydroxylation is 1. The Morgan fingerprint density at radius 3 is 2.60 bits per heavy atom. The average molecular weight is 284 g/mol. The van der Waals surface area contributed by atoms with Crippen LogP contribution in [0.4, 0.5) is 0 Å². The predicted octanol–water partition coefficient (Wildman–Crippen LogP) is 2.21. The van der Waals surface area contributed by atoms with Crippen molar-refractivity contribution in [3.8, 4) is 0 Å². The summed E-state index contributed by atoms with van der Waals surface area (Å²) < 4.78 is 2.17. The third kappa shape index (κ3) is 2.05. The van der Waals surface area contributed by atoms with Gasteiger partial charge in [-0.3, -0.25) is 0 Å². The molecule has 4 nitrogen and oxygen atoms in total. The summed E-state index contributed by atoms with van der Waals surface area (Å²) in [5.74, 6) is 0.405. The second-order valence-electron chi connectivity index (χ2n) is 4.74. The molecule has 0 unspecified atom stereocenters. The van der Waals surface area contributed by atoms with Crippen LogP contribution in [0.25, 0.3) is 21.8 Å². The van der Waals surface area contributed by atoms with E-state index >= 15 is 0 Å². The third-order valence-corrected chi connectivity index (χ3v) is 3.60. The highest BCUT2D eigenvalue weighted by Crippen LogP contribution is 2.28. The lowest BCUT2D eigenvalue weighted by atomic mass is 10.1. The van der Waals surface area contributed by atoms with Crippen LogP contribution in [-0.2, 0) is 7.05 Å². The van der Waals surface area contributed by atoms with Crippen molar-refractivity contribution in [3.63, 3.8) is 0 Å². The Balaban J connectivity index is 2.28. The Hall–Kier alpha value is -1.98. The van der Waals surface area contributed by atoms with Crippen LogP contribution in [-0.4, -0.2) is 15.9 Å². The van der Waals surface area contributed by atoms with E-state index in [1.165, 1.54) is 10.9 Å². The van der Waals surface area contributed by atoms with E-state index in [1.807, 2.05) is 24.3 Å². The molecule has 5 heteroatoms. The molecular weight excluding hydrogens is 268 g/mol. The molecule has 4 N–H and O–H groups in total. The van der Waals surface area contributed by atoms with Crippen molar-refractivity contribution >= 4 is 40.3 Å². The lowest BCUT2D eigenvalue weighted by Gasteiger charge is -2.04. The van der Waals surface area contributed by atoms with Gasteiger partial charge in [0.15, 0.2) is 0 Å². The van der Waals surface area contributed by atoms with Gasteiger partial charge in [-0.25, -0.2) is 4.99 Å². The van der Waals surface area contributed by atoms with E-state index in [-0.39, 0.29) is 0 Å². The van der Waals surface area contributed by atoms with Crippen molar-refractivity contribution < 1.29 is 0 Å². The van der Waals surface area contributed by atoms with Crippen molar-refractivity contribution in [2.75, 3.05) is 0 Å². The second kappa shape index (κ2) is 4.85. The number of nitrogens with two attached hydrogens (primary N) is 2. The van der Waals surface area contributed by atoms with Gasteiger partial charge in [0.25, 0.3) is 0 Å². The SMILES string of the molecule is Cn1c2ccccc2c2cc(C(N)=N[C@H](N)S)ccc21. The zero-order valence-electron chi connectivity index (χ0n) is 11.1. The van der Waals surface area contributed by atoms with Crippen LogP contribution in [0.2, 0.25) is 0 Å². The summed E-state index contributed by atoms with van der Waals surface area (Å²) in [5.41, 5.74) is 14.1. The van der Waals surface area contributed by atoms with E-state index in [0.29, 0.717) is 5.84 Å². The van der Waals surface area contributed by atoms with Gasteiger partial charge in [-0.15, -0.1) is 12.6 Å². The fourth-order valence-electron chi connectivity index (χ4n) is 2.54. The fourth-order valence-corrected chi connectivity index (χ4v) is 2.67. The summed E-state index contributed by atoms with van der Waals surface area (Å²) in [6.45, 7) is 0. The van der Waals surface area contributed by atoms with Crippen molar-refractivity contribution in [1.82, 2.24) is 4.57 Å². The van der Waals surface area contributed by atoms with Crippen LogP contribution in [0, 0.1) is 0 Å². The Morgan fingerprint density at radius 1 is 1.15 bits per heavy atom. The highest BCUT2D eigenvalue weighted by atomic mass is 32.1. The van der Waals surface area contributed by atoms with Crippen LogP contribution in [0.3, 0.4) is 0 Å². The quantitative estimate of drug-likeness (QED) is 0.292. The maximum absolute atomic E-state index is 5.95. The molecule has 0 saturated carbocycles. The molecule has 102 valence electrons. The van der Waals surface area contributed by atoms with Gasteiger partial charge < -0.3 is 16.0 Å². The lowest BCUT2D eigenvalue weighted by molar-refractivity contribution is 0.993. The lowest BCUT2D eigenvalue weighted by Crippen LogP contribution is -2.19. The summed E-state index contributed by atoms with van der Waals surface area (Å²) in [5, 5.41) is 2.36. The minimum Gasteiger partial charge on any atom is -0.383 e. The van der Waals surface area contributed by atoms with Gasteiger partial charge in [0.2, 0.25) is 0 Å². The second-order valence-corrected chi connectivity index (χ2v) is 5.27. The first-order valence-electron chi connectivity index (χ1n) is 6.32. The number of para-hydroxylation sites is 1. The third-order valence-electron chi connectivity index (χ3n) is 3.48. The Bertz CT molecular complexity index is 817. The number of rotatable bonds is 2. The molecule has 0 spiro atoms. The number of benzene rings is 2. The number of aliphatic imine (C=N–C) groups is 1. The van der Waals surface area contributed by atoms with Gasteiger partial charge in [0.05, 0.1) is 0 Å². The summed E-state index contributed by atoms with van der Waals surface area (Å²) >= 11 is 4.03. The molecule has 0 bridgehead atoms. The number of thiol groups is 1. The zero-order valence-corrected chi connectivity index (χ0v) is 12.0. The maximum atomic E-state index is 5.95. The molecule has 0 radical (unpaired) electrons. The number of fused-ring (bicyclic) bond motifs is 3. The molecule has 0 fully saturated rings. The minimum absolute atomic E-state index is 0.405. The highest BCUT2D eigenvalue weighted by Gasteiger charge is 2.09. The van der Waals surface area contributed by atoms with Gasteiger partial charge >= 0.3 is 0 Å². The van der Waals surface area contributed by atoms with E-state index in [4.69, 9.17) is 11.5 Å². The van der Waals surface area contributed by atoms with E-state index in [1.54, 1.807) is 0 Å². The van der Waals surface area contributed by atoms with Crippen LogP contribution >= 0.6 is 12.6 Å². The molecular formula is C15H16N4S. The summed E-state index contributed by atoms with van der Waals surface area (Å²) in [6, 6.07) is 14.3. The van der Waals surface area contributed by atoms with Crippen molar-refractivity contribution in [3.05, 3.63) is 48.0 Å². The number of hydrogen-bond donors (Lipinski definition) is 3. The topological polar surface area (TPSA) is 69.3 Å². The Labute approximate surface area is 122 Å². The first kappa shape index (κ1) is 13.0. The molecule has 0 saturated heterocycles. The fraction of sp³-hybridized carbons (Fsp3) is 0.133. The maximum Gasteiger partial charge on any atom is 0.143 e. The number of nitrogens with zero attached hydrogens (tertiary/aromatic N) is 2. The van der Waals surface area contributed by atoms with E-state index in [0.717, 1.165) is 16.5 Å². The van der Waals surface area contributed by atoms with E-state index in [9.17, 15) is 0 Å². The molecule has 1 heterocycles. The molecule has 0 aliphatic rings. The van der Waals surface area contributed by atoms with Crippen LogP contribution in [0.5, 0.6) is 0 Å². The molecule has 0 amide bonds. The standard InChI is InChI=1S/C15H16N4S/c1-19-12-5-3-2-4-10(12)11-8-9(6-7-13(11)19)14(16)18-15(17)20/h2-8,15,20H,17H2,1H3,(H2,16,18)/t15-/m0/s1. The molecule has 3 aromatic rings. The molecule has 0 aliphatic heterocycles. The monoisotopic (exact) mass is 284 g/mol. The van der Waals surface area contributed by atoms with Gasteiger partial charge in [0, 0.05) is 34.4 Å². The number of amidine groups is 1. The van der Waals surface area contributed by atoms with Gasteiger partial charge in [0.1, 0.15) is 11.3 Å². The Kier molecular flexibility index (Phi) is 3.16. The normalized spacial score (nSPS) is 14.1. The van der Waals surface area contributed by atoms with Crippen molar-refractivity contribution in [1.29, 1.82) is 0 Å². The highest BCUT2D eigenvalue weighted by molar-refractivity contribution is 7.80.